The molecule has 1 aromatic carbocycles. The van der Waals surface area contributed by atoms with Crippen LogP contribution in [0.2, 0.25) is 0 Å². The monoisotopic (exact) mass is 385 g/mol. The van der Waals surface area contributed by atoms with E-state index in [2.05, 4.69) is 10.3 Å². The van der Waals surface area contributed by atoms with E-state index in [1.807, 2.05) is 38.1 Å². The van der Waals surface area contributed by atoms with E-state index in [9.17, 15) is 9.59 Å². The predicted octanol–water partition coefficient (Wildman–Crippen LogP) is 2.81. The first-order valence-corrected chi connectivity index (χ1v) is 9.03. The Kier molecular flexibility index (Phi) is 5.56. The normalized spacial score (nSPS) is 10.5. The van der Waals surface area contributed by atoms with Crippen LogP contribution in [0, 0.1) is 13.8 Å². The Morgan fingerprint density at radius 1 is 1.26 bits per heavy atom. The number of ether oxygens (including phenoxy) is 1. The number of thiazole rings is 1. The van der Waals surface area contributed by atoms with Crippen molar-refractivity contribution in [1.82, 2.24) is 9.71 Å². The molecule has 2 aromatic heterocycles. The number of aryl methyl sites for hydroxylation is 2. The lowest BCUT2D eigenvalue weighted by atomic mass is 10.2. The van der Waals surface area contributed by atoms with Crippen molar-refractivity contribution in [1.29, 1.82) is 0 Å². The third-order valence-electron chi connectivity index (χ3n) is 3.91. The van der Waals surface area contributed by atoms with Crippen LogP contribution in [0.4, 0.5) is 5.13 Å². The molecule has 0 aliphatic rings. The smallest absolute Gasteiger partial charge is 0.295 e. The molecule has 3 aromatic rings. The zero-order chi connectivity index (χ0) is 19.4. The average molecular weight is 385 g/mol. The first-order chi connectivity index (χ1) is 13.0. The lowest BCUT2D eigenvalue weighted by Crippen LogP contribution is -2.32. The summed E-state index contributed by atoms with van der Waals surface area (Å²) in [7, 11) is 1.58. The fourth-order valence-corrected chi connectivity index (χ4v) is 3.16. The molecule has 0 atom stereocenters. The van der Waals surface area contributed by atoms with Crippen LogP contribution in [0.5, 0.6) is 5.75 Å². The number of amides is 1. The SMILES string of the molecule is COc1cccc(COn2cccc(C(=O)Nc3nc(C)c(C)s3)c2=O)c1. The van der Waals surface area contributed by atoms with Crippen LogP contribution in [0.3, 0.4) is 0 Å². The molecule has 0 saturated heterocycles. The van der Waals surface area contributed by atoms with Crippen molar-refractivity contribution in [3.63, 3.8) is 0 Å². The maximum Gasteiger partial charge on any atom is 0.295 e. The summed E-state index contributed by atoms with van der Waals surface area (Å²) in [5.41, 5.74) is 1.13. The van der Waals surface area contributed by atoms with Crippen LogP contribution in [0.1, 0.15) is 26.5 Å². The number of benzene rings is 1. The summed E-state index contributed by atoms with van der Waals surface area (Å²) >= 11 is 1.36. The fourth-order valence-electron chi connectivity index (χ4n) is 2.35. The molecular formula is C19H19N3O4S. The van der Waals surface area contributed by atoms with E-state index in [-0.39, 0.29) is 12.2 Å². The molecule has 140 valence electrons. The molecule has 0 spiro atoms. The van der Waals surface area contributed by atoms with Crippen molar-refractivity contribution in [2.75, 3.05) is 12.4 Å². The predicted molar refractivity (Wildman–Crippen MR) is 104 cm³/mol. The number of carbonyl (C=O) groups excluding carboxylic acids is 1. The molecule has 0 bridgehead atoms. The highest BCUT2D eigenvalue weighted by molar-refractivity contribution is 7.15. The van der Waals surface area contributed by atoms with Crippen molar-refractivity contribution < 1.29 is 14.4 Å². The summed E-state index contributed by atoms with van der Waals surface area (Å²) in [4.78, 5) is 35.8. The maximum absolute atomic E-state index is 12.6. The standard InChI is InChI=1S/C19H19N3O4S/c1-12-13(2)27-19(20-12)21-17(23)16-8-5-9-22(18(16)24)26-11-14-6-4-7-15(10-14)25-3/h4-10H,11H2,1-3H3,(H,20,21,23). The summed E-state index contributed by atoms with van der Waals surface area (Å²) in [6.07, 6.45) is 1.47. The van der Waals surface area contributed by atoms with E-state index in [0.29, 0.717) is 10.9 Å². The first-order valence-electron chi connectivity index (χ1n) is 8.21. The van der Waals surface area contributed by atoms with Gasteiger partial charge in [-0.05, 0) is 43.7 Å². The Balaban J connectivity index is 1.74. The van der Waals surface area contributed by atoms with Gasteiger partial charge >= 0.3 is 0 Å². The lowest BCUT2D eigenvalue weighted by Gasteiger charge is -2.10. The number of pyridine rings is 1. The molecule has 0 fully saturated rings. The van der Waals surface area contributed by atoms with E-state index in [1.165, 1.54) is 23.6 Å². The van der Waals surface area contributed by atoms with E-state index in [1.54, 1.807) is 13.2 Å². The highest BCUT2D eigenvalue weighted by Gasteiger charge is 2.15. The number of carbonyl (C=O) groups is 1. The molecule has 0 aliphatic heterocycles. The van der Waals surface area contributed by atoms with Gasteiger partial charge in [-0.25, -0.2) is 4.98 Å². The van der Waals surface area contributed by atoms with Gasteiger partial charge in [0.05, 0.1) is 12.8 Å². The number of aromatic nitrogens is 2. The van der Waals surface area contributed by atoms with E-state index >= 15 is 0 Å². The summed E-state index contributed by atoms with van der Waals surface area (Å²) in [6.45, 7) is 3.95. The number of methoxy groups -OCH3 is 1. The van der Waals surface area contributed by atoms with E-state index < -0.39 is 11.5 Å². The van der Waals surface area contributed by atoms with Gasteiger partial charge < -0.3 is 9.57 Å². The quantitative estimate of drug-likeness (QED) is 0.706. The number of hydrogen-bond acceptors (Lipinski definition) is 6. The minimum absolute atomic E-state index is 0.0198. The summed E-state index contributed by atoms with van der Waals surface area (Å²) in [5.74, 6) is 0.179. The van der Waals surface area contributed by atoms with Crippen molar-refractivity contribution in [2.45, 2.75) is 20.5 Å². The molecule has 0 aliphatic carbocycles. The maximum atomic E-state index is 12.6. The number of rotatable bonds is 6. The van der Waals surface area contributed by atoms with Gasteiger partial charge in [-0.1, -0.05) is 12.1 Å². The fraction of sp³-hybridized carbons (Fsp3) is 0.211. The molecule has 0 saturated carbocycles. The van der Waals surface area contributed by atoms with Crippen LogP contribution in [0.25, 0.3) is 0 Å². The molecule has 1 N–H and O–H groups in total. The molecular weight excluding hydrogens is 366 g/mol. The number of nitrogens with one attached hydrogen (secondary N) is 1. The number of hydrogen-bond donors (Lipinski definition) is 1. The summed E-state index contributed by atoms with van der Waals surface area (Å²) < 4.78 is 6.21. The zero-order valence-corrected chi connectivity index (χ0v) is 16.0. The van der Waals surface area contributed by atoms with Gasteiger partial charge in [0, 0.05) is 11.1 Å². The second kappa shape index (κ2) is 8.05. The molecule has 0 unspecified atom stereocenters. The Morgan fingerprint density at radius 2 is 2.07 bits per heavy atom. The molecule has 0 radical (unpaired) electrons. The topological polar surface area (TPSA) is 82.4 Å². The Hall–Kier alpha value is -3.13. The first kappa shape index (κ1) is 18.7. The van der Waals surface area contributed by atoms with Gasteiger partial charge in [-0.3, -0.25) is 14.9 Å². The van der Waals surface area contributed by atoms with Crippen LogP contribution in [-0.4, -0.2) is 22.7 Å². The van der Waals surface area contributed by atoms with Crippen LogP contribution in [0.15, 0.2) is 47.4 Å². The molecule has 3 rings (SSSR count). The van der Waals surface area contributed by atoms with Crippen LogP contribution < -0.4 is 20.5 Å². The average Bonchev–Trinajstić information content (AvgIpc) is 2.98. The van der Waals surface area contributed by atoms with Gasteiger partial charge in [0.2, 0.25) is 0 Å². The van der Waals surface area contributed by atoms with E-state index in [4.69, 9.17) is 9.57 Å². The number of nitrogens with zero attached hydrogens (tertiary/aromatic N) is 2. The van der Waals surface area contributed by atoms with Gasteiger partial charge in [-0.15, -0.1) is 11.3 Å². The Labute approximate surface area is 160 Å². The number of anilines is 1. The second-order valence-electron chi connectivity index (χ2n) is 5.79. The Bertz CT molecular complexity index is 1010. The minimum atomic E-state index is -0.539. The second-order valence-corrected chi connectivity index (χ2v) is 7.00. The van der Waals surface area contributed by atoms with Crippen molar-refractivity contribution >= 4 is 22.4 Å². The highest BCUT2D eigenvalue weighted by atomic mass is 32.1. The van der Waals surface area contributed by atoms with Crippen molar-refractivity contribution in [3.8, 4) is 5.75 Å². The minimum Gasteiger partial charge on any atom is -0.497 e. The third-order valence-corrected chi connectivity index (χ3v) is 4.90. The van der Waals surface area contributed by atoms with Gasteiger partial charge in [0.1, 0.15) is 17.9 Å². The molecule has 2 heterocycles. The largest absolute Gasteiger partial charge is 0.497 e. The van der Waals surface area contributed by atoms with Crippen molar-refractivity contribution in [3.05, 3.63) is 74.6 Å². The summed E-state index contributed by atoms with van der Waals surface area (Å²) in [5, 5.41) is 3.12. The van der Waals surface area contributed by atoms with Gasteiger partial charge in [0.25, 0.3) is 11.5 Å². The molecule has 7 nitrogen and oxygen atoms in total. The molecule has 27 heavy (non-hydrogen) atoms. The van der Waals surface area contributed by atoms with Gasteiger partial charge in [-0.2, -0.15) is 4.73 Å². The molecule has 8 heteroatoms. The zero-order valence-electron chi connectivity index (χ0n) is 15.2. The molecule has 1 amide bonds. The van der Waals surface area contributed by atoms with Crippen LogP contribution >= 0.6 is 11.3 Å². The van der Waals surface area contributed by atoms with Gasteiger partial charge in [0.15, 0.2) is 5.13 Å². The van der Waals surface area contributed by atoms with Crippen molar-refractivity contribution in [2.24, 2.45) is 0 Å². The Morgan fingerprint density at radius 3 is 2.78 bits per heavy atom. The summed E-state index contributed by atoms with van der Waals surface area (Å²) in [6, 6.07) is 10.4. The van der Waals surface area contributed by atoms with Crippen LogP contribution in [-0.2, 0) is 6.61 Å². The van der Waals surface area contributed by atoms with E-state index in [0.717, 1.165) is 20.9 Å². The lowest BCUT2D eigenvalue weighted by molar-refractivity contribution is 0.0862. The third kappa shape index (κ3) is 4.35. The highest BCUT2D eigenvalue weighted by Crippen LogP contribution is 2.21.